The third-order valence-electron chi connectivity index (χ3n) is 2.54. The van der Waals surface area contributed by atoms with E-state index in [2.05, 4.69) is 29.1 Å². The van der Waals surface area contributed by atoms with Gasteiger partial charge in [0.2, 0.25) is 0 Å². The Morgan fingerprint density at radius 1 is 1.59 bits per heavy atom. The summed E-state index contributed by atoms with van der Waals surface area (Å²) in [6.07, 6.45) is 0.189. The van der Waals surface area contributed by atoms with Crippen LogP contribution in [0.1, 0.15) is 43.8 Å². The summed E-state index contributed by atoms with van der Waals surface area (Å²) in [5, 5.41) is 11.9. The third-order valence-corrected chi connectivity index (χ3v) is 3.73. The number of carbonyl (C=O) groups is 1. The van der Waals surface area contributed by atoms with Gasteiger partial charge in [0.25, 0.3) is 0 Å². The molecule has 0 atom stereocenters. The number of rotatable bonds is 7. The van der Waals surface area contributed by atoms with Gasteiger partial charge in [-0.05, 0) is 6.54 Å². The van der Waals surface area contributed by atoms with Gasteiger partial charge in [-0.1, -0.05) is 20.8 Å². The van der Waals surface area contributed by atoms with E-state index in [1.54, 1.807) is 11.3 Å². The minimum Gasteiger partial charge on any atom is -0.481 e. The number of carboxylic acids is 1. The number of aromatic nitrogens is 1. The number of hydrogen-bond donors (Lipinski definition) is 1. The first-order valence-corrected chi connectivity index (χ1v) is 6.79. The molecule has 17 heavy (non-hydrogen) atoms. The largest absolute Gasteiger partial charge is 0.481 e. The maximum Gasteiger partial charge on any atom is 0.304 e. The topological polar surface area (TPSA) is 53.4 Å². The van der Waals surface area contributed by atoms with E-state index in [1.807, 2.05) is 6.92 Å². The molecule has 4 nitrogen and oxygen atoms in total. The summed E-state index contributed by atoms with van der Waals surface area (Å²) in [5.74, 6) is -0.285. The molecule has 0 saturated carbocycles. The lowest BCUT2D eigenvalue weighted by molar-refractivity contribution is -0.137. The molecule has 1 heterocycles. The van der Waals surface area contributed by atoms with Crippen LogP contribution in [0.5, 0.6) is 0 Å². The van der Waals surface area contributed by atoms with Gasteiger partial charge < -0.3 is 5.11 Å². The lowest BCUT2D eigenvalue weighted by Crippen LogP contribution is -2.25. The fraction of sp³-hybridized carbons (Fsp3) is 0.667. The Hall–Kier alpha value is -0.940. The van der Waals surface area contributed by atoms with Crippen LogP contribution in [0.4, 0.5) is 0 Å². The van der Waals surface area contributed by atoms with E-state index < -0.39 is 5.97 Å². The van der Waals surface area contributed by atoms with E-state index >= 15 is 0 Å². The first kappa shape index (κ1) is 14.1. The standard InChI is InChI=1S/C12H20N2O2S/c1-4-14(6-5-11(15)16)7-10-8-17-12(13-10)9(2)3/h8-9H,4-7H2,1-3H3,(H,15,16). The number of thiazole rings is 1. The van der Waals surface area contributed by atoms with Crippen LogP contribution in [-0.4, -0.2) is 34.0 Å². The number of nitrogens with zero attached hydrogens (tertiary/aromatic N) is 2. The Bertz CT molecular complexity index is 363. The molecule has 1 aromatic rings. The molecule has 0 amide bonds. The van der Waals surface area contributed by atoms with Crippen molar-refractivity contribution in [3.05, 3.63) is 16.1 Å². The number of aliphatic carboxylic acids is 1. The van der Waals surface area contributed by atoms with Crippen molar-refractivity contribution in [2.24, 2.45) is 0 Å². The summed E-state index contributed by atoms with van der Waals surface area (Å²) < 4.78 is 0. The van der Waals surface area contributed by atoms with E-state index in [1.165, 1.54) is 0 Å². The molecule has 0 saturated heterocycles. The molecule has 0 radical (unpaired) electrons. The van der Waals surface area contributed by atoms with Crippen molar-refractivity contribution in [3.63, 3.8) is 0 Å². The molecule has 0 bridgehead atoms. The van der Waals surface area contributed by atoms with E-state index in [0.717, 1.165) is 23.8 Å². The SMILES string of the molecule is CCN(CCC(=O)O)Cc1csc(C(C)C)n1. The first-order chi connectivity index (χ1) is 8.02. The molecule has 0 aliphatic rings. The molecule has 1 N–H and O–H groups in total. The Labute approximate surface area is 106 Å². The van der Waals surface area contributed by atoms with Gasteiger partial charge in [0.15, 0.2) is 0 Å². The van der Waals surface area contributed by atoms with Crippen molar-refractivity contribution in [1.82, 2.24) is 9.88 Å². The summed E-state index contributed by atoms with van der Waals surface area (Å²) in [6.45, 7) is 8.47. The molecule has 96 valence electrons. The fourth-order valence-corrected chi connectivity index (χ4v) is 2.32. The highest BCUT2D eigenvalue weighted by Crippen LogP contribution is 2.19. The zero-order chi connectivity index (χ0) is 12.8. The Morgan fingerprint density at radius 3 is 2.76 bits per heavy atom. The molecule has 1 rings (SSSR count). The van der Waals surface area contributed by atoms with E-state index in [9.17, 15) is 4.79 Å². The van der Waals surface area contributed by atoms with Gasteiger partial charge in [0, 0.05) is 24.4 Å². The molecule has 0 aromatic carbocycles. The monoisotopic (exact) mass is 256 g/mol. The van der Waals surface area contributed by atoms with E-state index in [4.69, 9.17) is 5.11 Å². The van der Waals surface area contributed by atoms with Crippen LogP contribution in [-0.2, 0) is 11.3 Å². The molecule has 0 fully saturated rings. The number of hydrogen-bond acceptors (Lipinski definition) is 4. The lowest BCUT2D eigenvalue weighted by atomic mass is 10.2. The molecule has 0 aliphatic carbocycles. The van der Waals surface area contributed by atoms with Gasteiger partial charge in [0.1, 0.15) is 0 Å². The van der Waals surface area contributed by atoms with Crippen LogP contribution in [0, 0.1) is 0 Å². The van der Waals surface area contributed by atoms with Crippen molar-refractivity contribution in [1.29, 1.82) is 0 Å². The molecule has 0 unspecified atom stereocenters. The highest BCUT2D eigenvalue weighted by Gasteiger charge is 2.10. The second-order valence-corrected chi connectivity index (χ2v) is 5.23. The third kappa shape index (κ3) is 4.83. The molecule has 0 aliphatic heterocycles. The van der Waals surface area contributed by atoms with Gasteiger partial charge in [-0.3, -0.25) is 9.69 Å². The molecule has 5 heteroatoms. The van der Waals surface area contributed by atoms with Crippen LogP contribution in [0.3, 0.4) is 0 Å². The Morgan fingerprint density at radius 2 is 2.29 bits per heavy atom. The smallest absolute Gasteiger partial charge is 0.304 e. The summed E-state index contributed by atoms with van der Waals surface area (Å²) in [4.78, 5) is 17.2. The molecule has 0 spiro atoms. The molecular formula is C12H20N2O2S. The van der Waals surface area contributed by atoms with E-state index in [-0.39, 0.29) is 6.42 Å². The van der Waals surface area contributed by atoms with Gasteiger partial charge >= 0.3 is 5.97 Å². The van der Waals surface area contributed by atoms with Crippen molar-refractivity contribution in [3.8, 4) is 0 Å². The summed E-state index contributed by atoms with van der Waals surface area (Å²) in [7, 11) is 0. The highest BCUT2D eigenvalue weighted by molar-refractivity contribution is 7.09. The van der Waals surface area contributed by atoms with Gasteiger partial charge in [-0.2, -0.15) is 0 Å². The quantitative estimate of drug-likeness (QED) is 0.814. The van der Waals surface area contributed by atoms with Crippen molar-refractivity contribution in [2.45, 2.75) is 39.7 Å². The van der Waals surface area contributed by atoms with Crippen LogP contribution in [0.25, 0.3) is 0 Å². The zero-order valence-corrected chi connectivity index (χ0v) is 11.5. The normalized spacial score (nSPS) is 11.4. The Balaban J connectivity index is 2.51. The average Bonchev–Trinajstić information content (AvgIpc) is 2.72. The second kappa shape index (κ2) is 6.71. The van der Waals surface area contributed by atoms with Crippen LogP contribution in [0.15, 0.2) is 5.38 Å². The van der Waals surface area contributed by atoms with Crippen molar-refractivity contribution >= 4 is 17.3 Å². The van der Waals surface area contributed by atoms with Gasteiger partial charge in [-0.25, -0.2) is 4.98 Å². The average molecular weight is 256 g/mol. The Kier molecular flexibility index (Phi) is 5.58. The maximum absolute atomic E-state index is 10.5. The van der Waals surface area contributed by atoms with Crippen LogP contribution >= 0.6 is 11.3 Å². The van der Waals surface area contributed by atoms with E-state index in [0.29, 0.717) is 12.5 Å². The van der Waals surface area contributed by atoms with Gasteiger partial charge in [-0.15, -0.1) is 11.3 Å². The highest BCUT2D eigenvalue weighted by atomic mass is 32.1. The first-order valence-electron chi connectivity index (χ1n) is 5.91. The van der Waals surface area contributed by atoms with Crippen LogP contribution in [0.2, 0.25) is 0 Å². The minimum absolute atomic E-state index is 0.189. The number of carboxylic acid groups (broad SMARTS) is 1. The van der Waals surface area contributed by atoms with Crippen molar-refractivity contribution in [2.75, 3.05) is 13.1 Å². The van der Waals surface area contributed by atoms with Crippen LogP contribution < -0.4 is 0 Å². The fourth-order valence-electron chi connectivity index (χ4n) is 1.49. The predicted molar refractivity (Wildman–Crippen MR) is 69.4 cm³/mol. The van der Waals surface area contributed by atoms with Crippen molar-refractivity contribution < 1.29 is 9.90 Å². The predicted octanol–water partition coefficient (Wildman–Crippen LogP) is 2.56. The van der Waals surface area contributed by atoms with Gasteiger partial charge in [0.05, 0.1) is 17.1 Å². The minimum atomic E-state index is -0.746. The zero-order valence-electron chi connectivity index (χ0n) is 10.6. The summed E-state index contributed by atoms with van der Waals surface area (Å²) in [5.41, 5.74) is 1.05. The lowest BCUT2D eigenvalue weighted by Gasteiger charge is -2.17. The summed E-state index contributed by atoms with van der Waals surface area (Å²) in [6, 6.07) is 0. The maximum atomic E-state index is 10.5. The second-order valence-electron chi connectivity index (χ2n) is 4.34. The molecular weight excluding hydrogens is 236 g/mol. The molecule has 1 aromatic heterocycles. The summed E-state index contributed by atoms with van der Waals surface area (Å²) >= 11 is 1.68.